The Kier molecular flexibility index (Phi) is 2.97. The highest BCUT2D eigenvalue weighted by Gasteiger charge is 2.18. The summed E-state index contributed by atoms with van der Waals surface area (Å²) in [5.41, 5.74) is -0.655. The third kappa shape index (κ3) is 1.75. The van der Waals surface area contributed by atoms with Gasteiger partial charge in [-0.2, -0.15) is 0 Å². The molecule has 0 N–H and O–H groups in total. The third-order valence-corrected chi connectivity index (χ3v) is 3.15. The maximum atomic E-state index is 12.4. The molecule has 104 valence electrons. The second-order valence-electron chi connectivity index (χ2n) is 4.87. The molecule has 0 aromatic carbocycles. The minimum atomic E-state index is -0.452. The van der Waals surface area contributed by atoms with E-state index >= 15 is 0 Å². The Balaban J connectivity index is 3.06. The lowest BCUT2D eigenvalue weighted by atomic mass is 10.5. The number of nitrogens with zero attached hydrogens (tertiary/aromatic N) is 5. The van der Waals surface area contributed by atoms with Gasteiger partial charge in [0, 0.05) is 21.1 Å². The second kappa shape index (κ2) is 4.23. The molecular formula is C11H17N5O3. The predicted molar refractivity (Wildman–Crippen MR) is 71.3 cm³/mol. The lowest BCUT2D eigenvalue weighted by Gasteiger charge is -2.13. The van der Waals surface area contributed by atoms with Gasteiger partial charge in [0.05, 0.1) is 6.67 Å². The van der Waals surface area contributed by atoms with Crippen LogP contribution in [0, 0.1) is 0 Å². The number of hydrogen-bond acceptors (Lipinski definition) is 4. The lowest BCUT2D eigenvalue weighted by molar-refractivity contribution is 0.310. The molecule has 0 aliphatic heterocycles. The first-order valence-corrected chi connectivity index (χ1v) is 5.77. The summed E-state index contributed by atoms with van der Waals surface area (Å²) in [5.74, 6) is 0. The fraction of sp³-hybridized carbons (Fsp3) is 0.545. The quantitative estimate of drug-likeness (QED) is 0.647. The van der Waals surface area contributed by atoms with Crippen LogP contribution in [0.15, 0.2) is 14.4 Å². The van der Waals surface area contributed by atoms with E-state index in [-0.39, 0.29) is 17.9 Å². The maximum absolute atomic E-state index is 12.4. The van der Waals surface area contributed by atoms with E-state index in [9.17, 15) is 14.4 Å². The monoisotopic (exact) mass is 267 g/mol. The zero-order chi connectivity index (χ0) is 14.5. The molecule has 0 fully saturated rings. The molecule has 0 saturated heterocycles. The highest BCUT2D eigenvalue weighted by molar-refractivity contribution is 5.70. The van der Waals surface area contributed by atoms with Crippen molar-refractivity contribution in [1.82, 2.24) is 23.2 Å². The van der Waals surface area contributed by atoms with Gasteiger partial charge in [-0.15, -0.1) is 0 Å². The Bertz CT molecular complexity index is 818. The Morgan fingerprint density at radius 3 is 1.95 bits per heavy atom. The van der Waals surface area contributed by atoms with E-state index in [1.165, 1.54) is 20.7 Å². The minimum absolute atomic E-state index is 0.171. The summed E-state index contributed by atoms with van der Waals surface area (Å²) >= 11 is 0. The van der Waals surface area contributed by atoms with Crippen molar-refractivity contribution < 1.29 is 0 Å². The molecule has 0 saturated carbocycles. The molecule has 0 aliphatic rings. The van der Waals surface area contributed by atoms with E-state index in [1.807, 2.05) is 0 Å². The summed E-state index contributed by atoms with van der Waals surface area (Å²) < 4.78 is 5.00. The number of fused-ring (bicyclic) bond motifs is 1. The first-order valence-electron chi connectivity index (χ1n) is 5.77. The molecule has 0 radical (unpaired) electrons. The van der Waals surface area contributed by atoms with Gasteiger partial charge in [-0.3, -0.25) is 23.4 Å². The van der Waals surface area contributed by atoms with E-state index < -0.39 is 11.2 Å². The molecule has 0 atom stereocenters. The van der Waals surface area contributed by atoms with Crippen LogP contribution in [0.4, 0.5) is 0 Å². The molecule has 8 heteroatoms. The van der Waals surface area contributed by atoms with E-state index in [0.717, 1.165) is 4.57 Å². The fourth-order valence-corrected chi connectivity index (χ4v) is 2.24. The molecule has 0 aliphatic carbocycles. The van der Waals surface area contributed by atoms with Crippen LogP contribution in [0.25, 0.3) is 11.2 Å². The van der Waals surface area contributed by atoms with Gasteiger partial charge in [-0.05, 0) is 14.1 Å². The van der Waals surface area contributed by atoms with Crippen LogP contribution in [0.5, 0.6) is 0 Å². The standard InChI is InChI=1S/C11H17N5O3/c1-12(2)6-16-9(17)7-8(15(5)11(16)19)14(4)10(18)13(7)3/h6H2,1-5H3. The minimum Gasteiger partial charge on any atom is -0.292 e. The van der Waals surface area contributed by atoms with Crippen LogP contribution in [-0.2, 0) is 27.8 Å². The molecule has 0 spiro atoms. The number of aromatic nitrogens is 4. The summed E-state index contributed by atoms with van der Waals surface area (Å²) in [5, 5.41) is 0. The molecule has 19 heavy (non-hydrogen) atoms. The molecule has 0 amide bonds. The summed E-state index contributed by atoms with van der Waals surface area (Å²) in [7, 11) is 8.15. The highest BCUT2D eigenvalue weighted by Crippen LogP contribution is 2.02. The van der Waals surface area contributed by atoms with E-state index in [2.05, 4.69) is 0 Å². The molecular weight excluding hydrogens is 250 g/mol. The molecule has 8 nitrogen and oxygen atoms in total. The SMILES string of the molecule is CN(C)Cn1c(=O)c2c(n(C)c1=O)n(C)c(=O)n2C. The summed E-state index contributed by atoms with van der Waals surface area (Å²) in [4.78, 5) is 38.2. The van der Waals surface area contributed by atoms with Crippen molar-refractivity contribution in [3.05, 3.63) is 31.3 Å². The van der Waals surface area contributed by atoms with Crippen LogP contribution in [0.3, 0.4) is 0 Å². The van der Waals surface area contributed by atoms with Crippen LogP contribution in [0.2, 0.25) is 0 Å². The number of aryl methyl sites for hydroxylation is 3. The van der Waals surface area contributed by atoms with Gasteiger partial charge < -0.3 is 0 Å². The van der Waals surface area contributed by atoms with Crippen LogP contribution >= 0.6 is 0 Å². The van der Waals surface area contributed by atoms with Crippen LogP contribution in [0.1, 0.15) is 0 Å². The summed E-state index contributed by atoms with van der Waals surface area (Å²) in [6.45, 7) is 0.171. The molecule has 0 bridgehead atoms. The largest absolute Gasteiger partial charge is 0.333 e. The van der Waals surface area contributed by atoms with Gasteiger partial charge in [0.1, 0.15) is 0 Å². The fourth-order valence-electron chi connectivity index (χ4n) is 2.24. The normalized spacial score (nSPS) is 11.7. The lowest BCUT2D eigenvalue weighted by Crippen LogP contribution is -2.42. The number of rotatable bonds is 2. The molecule has 2 heterocycles. The molecule has 2 aromatic heterocycles. The van der Waals surface area contributed by atoms with Gasteiger partial charge in [0.2, 0.25) is 0 Å². The van der Waals surface area contributed by atoms with Crippen molar-refractivity contribution in [1.29, 1.82) is 0 Å². The van der Waals surface area contributed by atoms with Crippen molar-refractivity contribution in [2.45, 2.75) is 6.67 Å². The van der Waals surface area contributed by atoms with Crippen molar-refractivity contribution >= 4 is 11.2 Å². The Morgan fingerprint density at radius 1 is 0.895 bits per heavy atom. The van der Waals surface area contributed by atoms with Gasteiger partial charge >= 0.3 is 11.4 Å². The van der Waals surface area contributed by atoms with Gasteiger partial charge in [0.25, 0.3) is 5.56 Å². The zero-order valence-electron chi connectivity index (χ0n) is 11.7. The summed E-state index contributed by atoms with van der Waals surface area (Å²) in [6, 6.07) is 0. The second-order valence-corrected chi connectivity index (χ2v) is 4.87. The predicted octanol–water partition coefficient (Wildman–Crippen LogP) is -1.74. The molecule has 0 unspecified atom stereocenters. The van der Waals surface area contributed by atoms with Crippen molar-refractivity contribution in [2.75, 3.05) is 14.1 Å². The van der Waals surface area contributed by atoms with Crippen LogP contribution in [-0.4, -0.2) is 37.3 Å². The van der Waals surface area contributed by atoms with E-state index in [0.29, 0.717) is 5.65 Å². The molecule has 2 rings (SSSR count). The van der Waals surface area contributed by atoms with E-state index in [1.54, 1.807) is 33.1 Å². The highest BCUT2D eigenvalue weighted by atomic mass is 16.2. The Hall–Kier alpha value is -2.09. The van der Waals surface area contributed by atoms with Crippen molar-refractivity contribution in [3.8, 4) is 0 Å². The summed E-state index contributed by atoms with van der Waals surface area (Å²) in [6.07, 6.45) is 0. The van der Waals surface area contributed by atoms with Gasteiger partial charge in [-0.25, -0.2) is 14.2 Å². The third-order valence-electron chi connectivity index (χ3n) is 3.15. The molecule has 2 aromatic rings. The Labute approximate surface area is 108 Å². The average Bonchev–Trinajstić information content (AvgIpc) is 2.56. The van der Waals surface area contributed by atoms with E-state index in [4.69, 9.17) is 0 Å². The van der Waals surface area contributed by atoms with Crippen molar-refractivity contribution in [3.63, 3.8) is 0 Å². The van der Waals surface area contributed by atoms with Gasteiger partial charge in [0.15, 0.2) is 11.2 Å². The Morgan fingerprint density at radius 2 is 1.42 bits per heavy atom. The number of imidazole rings is 1. The first-order chi connectivity index (χ1) is 8.77. The number of hydrogen-bond donors (Lipinski definition) is 0. The first kappa shape index (κ1) is 13.3. The maximum Gasteiger partial charge on any atom is 0.333 e. The van der Waals surface area contributed by atoms with Crippen LogP contribution < -0.4 is 16.9 Å². The topological polar surface area (TPSA) is 74.2 Å². The average molecular weight is 267 g/mol. The zero-order valence-corrected chi connectivity index (χ0v) is 11.7. The smallest absolute Gasteiger partial charge is 0.292 e. The van der Waals surface area contributed by atoms with Crippen molar-refractivity contribution in [2.24, 2.45) is 21.1 Å². The van der Waals surface area contributed by atoms with Gasteiger partial charge in [-0.1, -0.05) is 0 Å².